The molecule has 7 heteroatoms. The minimum absolute atomic E-state index is 0.0149. The van der Waals surface area contributed by atoms with Crippen molar-refractivity contribution in [2.45, 2.75) is 20.0 Å². The van der Waals surface area contributed by atoms with Gasteiger partial charge in [-0.25, -0.2) is 14.8 Å². The zero-order valence-corrected chi connectivity index (χ0v) is 16.7. The summed E-state index contributed by atoms with van der Waals surface area (Å²) in [6.07, 6.45) is 7.07. The number of urea groups is 1. The van der Waals surface area contributed by atoms with Crippen molar-refractivity contribution in [1.29, 1.82) is 0 Å². The van der Waals surface area contributed by atoms with Crippen LogP contribution in [0.4, 0.5) is 4.79 Å². The molecule has 0 saturated carbocycles. The molecular weight excluding hydrogens is 364 g/mol. The molecule has 1 fully saturated rings. The molecule has 1 saturated heterocycles. The third kappa shape index (κ3) is 5.00. The molecule has 7 nitrogen and oxygen atoms in total. The molecule has 0 atom stereocenters. The van der Waals surface area contributed by atoms with Crippen LogP contribution in [0.15, 0.2) is 61.3 Å². The Morgan fingerprint density at radius 3 is 2.66 bits per heavy atom. The van der Waals surface area contributed by atoms with Crippen LogP contribution in [0.5, 0.6) is 0 Å². The van der Waals surface area contributed by atoms with Crippen LogP contribution in [0.2, 0.25) is 0 Å². The highest BCUT2D eigenvalue weighted by molar-refractivity contribution is 5.74. The van der Waals surface area contributed by atoms with Gasteiger partial charge in [-0.3, -0.25) is 9.47 Å². The quantitative estimate of drug-likeness (QED) is 0.727. The Morgan fingerprint density at radius 1 is 1.10 bits per heavy atom. The minimum atomic E-state index is -0.0149. The number of pyridine rings is 1. The van der Waals surface area contributed by atoms with Gasteiger partial charge in [0.1, 0.15) is 12.1 Å². The van der Waals surface area contributed by atoms with E-state index in [1.807, 2.05) is 27.8 Å². The van der Waals surface area contributed by atoms with E-state index in [-0.39, 0.29) is 6.03 Å². The largest absolute Gasteiger partial charge is 0.334 e. The van der Waals surface area contributed by atoms with E-state index in [1.165, 1.54) is 11.1 Å². The number of imidazole rings is 1. The van der Waals surface area contributed by atoms with E-state index in [1.54, 1.807) is 18.7 Å². The lowest BCUT2D eigenvalue weighted by Gasteiger charge is -2.34. The number of hydrogen-bond donors (Lipinski definition) is 1. The molecule has 3 aromatic rings. The zero-order chi connectivity index (χ0) is 20.1. The third-order valence-corrected chi connectivity index (χ3v) is 5.17. The molecule has 1 aliphatic heterocycles. The smallest absolute Gasteiger partial charge is 0.317 e. The lowest BCUT2D eigenvalue weighted by Crippen LogP contribution is -2.51. The molecule has 0 radical (unpaired) electrons. The first kappa shape index (κ1) is 19.1. The van der Waals surface area contributed by atoms with Crippen LogP contribution in [0, 0.1) is 6.92 Å². The molecular formula is C22H26N6O. The molecule has 4 rings (SSSR count). The number of carbonyl (C=O) groups excluding carboxylic acids is 1. The van der Waals surface area contributed by atoms with Crippen molar-refractivity contribution in [2.24, 2.45) is 0 Å². The van der Waals surface area contributed by atoms with Crippen molar-refractivity contribution < 1.29 is 4.79 Å². The number of amides is 2. The molecule has 2 aromatic heterocycles. The molecule has 0 bridgehead atoms. The number of aromatic nitrogens is 3. The molecule has 2 amide bonds. The second-order valence-electron chi connectivity index (χ2n) is 7.41. The van der Waals surface area contributed by atoms with Gasteiger partial charge >= 0.3 is 6.03 Å². The van der Waals surface area contributed by atoms with Crippen LogP contribution in [0.25, 0.3) is 5.82 Å². The van der Waals surface area contributed by atoms with Crippen molar-refractivity contribution in [3.63, 3.8) is 0 Å². The van der Waals surface area contributed by atoms with Gasteiger partial charge in [0, 0.05) is 57.9 Å². The van der Waals surface area contributed by atoms with E-state index in [2.05, 4.69) is 51.4 Å². The zero-order valence-electron chi connectivity index (χ0n) is 16.7. The normalized spacial score (nSPS) is 14.7. The van der Waals surface area contributed by atoms with Crippen molar-refractivity contribution >= 4 is 6.03 Å². The minimum Gasteiger partial charge on any atom is -0.334 e. The molecule has 1 N–H and O–H groups in total. The Balaban J connectivity index is 1.23. The molecule has 29 heavy (non-hydrogen) atoms. The first-order valence-corrected chi connectivity index (χ1v) is 9.91. The summed E-state index contributed by atoms with van der Waals surface area (Å²) in [5, 5.41) is 3.00. The lowest BCUT2D eigenvalue weighted by atomic mass is 10.1. The molecule has 0 unspecified atom stereocenters. The summed E-state index contributed by atoms with van der Waals surface area (Å²) in [4.78, 5) is 25.2. The monoisotopic (exact) mass is 390 g/mol. The van der Waals surface area contributed by atoms with Gasteiger partial charge < -0.3 is 10.2 Å². The van der Waals surface area contributed by atoms with E-state index in [9.17, 15) is 4.79 Å². The van der Waals surface area contributed by atoms with Gasteiger partial charge in [0.05, 0.1) is 0 Å². The summed E-state index contributed by atoms with van der Waals surface area (Å²) in [7, 11) is 0. The van der Waals surface area contributed by atoms with Crippen LogP contribution in [-0.4, -0.2) is 56.5 Å². The number of benzene rings is 1. The lowest BCUT2D eigenvalue weighted by molar-refractivity contribution is 0.135. The first-order chi connectivity index (χ1) is 14.2. The fourth-order valence-corrected chi connectivity index (χ4v) is 3.54. The van der Waals surface area contributed by atoms with E-state index in [0.717, 1.165) is 44.1 Å². The number of aryl methyl sites for hydroxylation is 1. The Kier molecular flexibility index (Phi) is 5.86. The Bertz CT molecular complexity index is 930. The highest BCUT2D eigenvalue weighted by atomic mass is 16.2. The van der Waals surface area contributed by atoms with Crippen molar-refractivity contribution in [1.82, 2.24) is 29.7 Å². The summed E-state index contributed by atoms with van der Waals surface area (Å²) in [5.41, 5.74) is 3.59. The van der Waals surface area contributed by atoms with Crippen LogP contribution in [-0.2, 0) is 13.1 Å². The van der Waals surface area contributed by atoms with Gasteiger partial charge in [-0.15, -0.1) is 0 Å². The van der Waals surface area contributed by atoms with Crippen LogP contribution in [0.1, 0.15) is 16.7 Å². The highest BCUT2D eigenvalue weighted by Crippen LogP contribution is 2.11. The summed E-state index contributed by atoms with van der Waals surface area (Å²) >= 11 is 0. The van der Waals surface area contributed by atoms with Crippen molar-refractivity contribution in [3.8, 4) is 5.82 Å². The van der Waals surface area contributed by atoms with E-state index >= 15 is 0 Å². The molecule has 1 aromatic carbocycles. The van der Waals surface area contributed by atoms with Gasteiger partial charge in [0.2, 0.25) is 0 Å². The fraction of sp³-hybridized carbons (Fsp3) is 0.318. The summed E-state index contributed by atoms with van der Waals surface area (Å²) in [6.45, 7) is 6.80. The summed E-state index contributed by atoms with van der Waals surface area (Å²) < 4.78 is 1.85. The van der Waals surface area contributed by atoms with Crippen LogP contribution < -0.4 is 5.32 Å². The standard InChI is InChI=1S/C22H26N6O/c1-18-3-2-4-19(13-18)16-26-9-11-27(12-10-26)22(29)25-15-20-5-6-21(24-14-20)28-8-7-23-17-28/h2-8,13-14,17H,9-12,15-16H2,1H3,(H,25,29). The molecule has 150 valence electrons. The average Bonchev–Trinajstić information content (AvgIpc) is 3.28. The number of hydrogen-bond acceptors (Lipinski definition) is 4. The fourth-order valence-electron chi connectivity index (χ4n) is 3.54. The number of nitrogens with one attached hydrogen (secondary N) is 1. The van der Waals surface area contributed by atoms with Gasteiger partial charge in [-0.1, -0.05) is 35.9 Å². The van der Waals surface area contributed by atoms with Gasteiger partial charge in [0.25, 0.3) is 0 Å². The second kappa shape index (κ2) is 8.87. The van der Waals surface area contributed by atoms with Crippen molar-refractivity contribution in [3.05, 3.63) is 78.0 Å². The molecule has 1 aliphatic rings. The van der Waals surface area contributed by atoms with Gasteiger partial charge in [-0.05, 0) is 24.1 Å². The van der Waals surface area contributed by atoms with Gasteiger partial charge in [-0.2, -0.15) is 0 Å². The summed E-state index contributed by atoms with van der Waals surface area (Å²) in [6, 6.07) is 12.5. The molecule has 0 aliphatic carbocycles. The maximum absolute atomic E-state index is 12.5. The van der Waals surface area contributed by atoms with E-state index in [4.69, 9.17) is 0 Å². The highest BCUT2D eigenvalue weighted by Gasteiger charge is 2.20. The Labute approximate surface area is 171 Å². The number of carbonyl (C=O) groups is 1. The second-order valence-corrected chi connectivity index (χ2v) is 7.41. The first-order valence-electron chi connectivity index (χ1n) is 9.91. The number of nitrogens with zero attached hydrogens (tertiary/aromatic N) is 5. The van der Waals surface area contributed by atoms with E-state index in [0.29, 0.717) is 6.54 Å². The Morgan fingerprint density at radius 2 is 1.97 bits per heavy atom. The predicted octanol–water partition coefficient (Wildman–Crippen LogP) is 2.60. The topological polar surface area (TPSA) is 66.3 Å². The van der Waals surface area contributed by atoms with E-state index < -0.39 is 0 Å². The summed E-state index contributed by atoms with van der Waals surface area (Å²) in [5.74, 6) is 0.808. The predicted molar refractivity (Wildman–Crippen MR) is 112 cm³/mol. The van der Waals surface area contributed by atoms with Crippen LogP contribution >= 0.6 is 0 Å². The van der Waals surface area contributed by atoms with Crippen molar-refractivity contribution in [2.75, 3.05) is 26.2 Å². The number of rotatable bonds is 5. The number of piperazine rings is 1. The maximum atomic E-state index is 12.5. The Hall–Kier alpha value is -3.19. The van der Waals surface area contributed by atoms with Gasteiger partial charge in [0.15, 0.2) is 0 Å². The maximum Gasteiger partial charge on any atom is 0.317 e. The average molecular weight is 390 g/mol. The third-order valence-electron chi connectivity index (χ3n) is 5.17. The SMILES string of the molecule is Cc1cccc(CN2CCN(C(=O)NCc3ccc(-n4ccnc4)nc3)CC2)c1. The molecule has 3 heterocycles. The van der Waals surface area contributed by atoms with Crippen LogP contribution in [0.3, 0.4) is 0 Å². The molecule has 0 spiro atoms.